The summed E-state index contributed by atoms with van der Waals surface area (Å²) in [7, 11) is 0. The van der Waals surface area contributed by atoms with Crippen LogP contribution >= 0.6 is 24.0 Å². The van der Waals surface area contributed by atoms with Crippen molar-refractivity contribution in [1.29, 1.82) is 0 Å². The minimum Gasteiger partial charge on any atom is -0.489 e. The maximum Gasteiger partial charge on any atom is 0.270 e. The molecule has 0 saturated carbocycles. The maximum atomic E-state index is 12.7. The number of carbonyl (C=O) groups is 1. The third-order valence-corrected chi connectivity index (χ3v) is 4.67. The van der Waals surface area contributed by atoms with Crippen LogP contribution in [0, 0.1) is 0 Å². The van der Waals surface area contributed by atoms with E-state index in [2.05, 4.69) is 6.58 Å². The molecule has 1 aliphatic heterocycles. The molecule has 3 nitrogen and oxygen atoms in total. The number of rotatable bonds is 5. The van der Waals surface area contributed by atoms with Crippen LogP contribution < -0.4 is 9.64 Å². The van der Waals surface area contributed by atoms with E-state index in [-0.39, 0.29) is 5.91 Å². The average Bonchev–Trinajstić information content (AvgIpc) is 2.88. The normalized spacial score (nSPS) is 15.8. The second-order valence-electron chi connectivity index (χ2n) is 4.99. The number of nitrogens with zero attached hydrogens (tertiary/aromatic N) is 1. The lowest BCUT2D eigenvalue weighted by atomic mass is 10.2. The number of benzene rings is 2. The molecule has 2 aromatic rings. The van der Waals surface area contributed by atoms with E-state index in [1.807, 2.05) is 60.7 Å². The highest BCUT2D eigenvalue weighted by molar-refractivity contribution is 8.27. The van der Waals surface area contributed by atoms with E-state index in [1.54, 1.807) is 11.0 Å². The van der Waals surface area contributed by atoms with Crippen molar-refractivity contribution in [2.45, 2.75) is 0 Å². The first-order valence-electron chi connectivity index (χ1n) is 7.36. The summed E-state index contributed by atoms with van der Waals surface area (Å²) < 4.78 is 6.17. The molecule has 0 N–H and O–H groups in total. The molecule has 0 radical (unpaired) electrons. The number of thioether (sulfide) groups is 1. The molecule has 1 heterocycles. The Morgan fingerprint density at radius 2 is 1.83 bits per heavy atom. The standard InChI is InChI=1S/C19H15NO2S2/c1-2-12-22-16-11-7-6-8-14(16)13-17-18(21)20(19(23)24-17)15-9-4-3-5-10-15/h2-11,13H,1,12H2/b17-13-. The number of hydrogen-bond acceptors (Lipinski definition) is 4. The van der Waals surface area contributed by atoms with Crippen molar-refractivity contribution in [3.8, 4) is 5.75 Å². The summed E-state index contributed by atoms with van der Waals surface area (Å²) in [6.45, 7) is 4.06. The van der Waals surface area contributed by atoms with Gasteiger partial charge in [0.1, 0.15) is 12.4 Å². The monoisotopic (exact) mass is 353 g/mol. The average molecular weight is 353 g/mol. The Balaban J connectivity index is 1.91. The lowest BCUT2D eigenvalue weighted by Gasteiger charge is -2.13. The molecule has 24 heavy (non-hydrogen) atoms. The van der Waals surface area contributed by atoms with E-state index in [9.17, 15) is 4.79 Å². The van der Waals surface area contributed by atoms with Crippen LogP contribution in [-0.4, -0.2) is 16.8 Å². The molecular formula is C19H15NO2S2. The van der Waals surface area contributed by atoms with E-state index in [0.29, 0.717) is 21.6 Å². The molecule has 0 aromatic heterocycles. The van der Waals surface area contributed by atoms with Crippen LogP contribution in [0.15, 0.2) is 72.2 Å². The van der Waals surface area contributed by atoms with Gasteiger partial charge in [-0.15, -0.1) is 0 Å². The summed E-state index contributed by atoms with van der Waals surface area (Å²) in [5.41, 5.74) is 1.62. The van der Waals surface area contributed by atoms with Gasteiger partial charge < -0.3 is 4.74 Å². The topological polar surface area (TPSA) is 29.5 Å². The third-order valence-electron chi connectivity index (χ3n) is 3.37. The number of para-hydroxylation sites is 2. The SMILES string of the molecule is C=CCOc1ccccc1/C=C1\SC(=S)N(c2ccccc2)C1=O. The fourth-order valence-electron chi connectivity index (χ4n) is 2.29. The molecule has 120 valence electrons. The van der Waals surface area contributed by atoms with Gasteiger partial charge in [-0.25, -0.2) is 0 Å². The van der Waals surface area contributed by atoms with Crippen LogP contribution in [-0.2, 0) is 4.79 Å². The van der Waals surface area contributed by atoms with Gasteiger partial charge in [0.05, 0.1) is 10.6 Å². The first-order valence-corrected chi connectivity index (χ1v) is 8.59. The number of hydrogen-bond donors (Lipinski definition) is 0. The molecule has 0 unspecified atom stereocenters. The predicted octanol–water partition coefficient (Wildman–Crippen LogP) is 4.66. The molecular weight excluding hydrogens is 338 g/mol. The number of thiocarbonyl (C=S) groups is 1. The Morgan fingerprint density at radius 1 is 1.12 bits per heavy atom. The molecule has 3 rings (SSSR count). The molecule has 5 heteroatoms. The molecule has 1 aliphatic rings. The number of amides is 1. The smallest absolute Gasteiger partial charge is 0.270 e. The largest absolute Gasteiger partial charge is 0.489 e. The summed E-state index contributed by atoms with van der Waals surface area (Å²) in [5.74, 6) is 0.595. The van der Waals surface area contributed by atoms with Crippen molar-refractivity contribution in [2.24, 2.45) is 0 Å². The van der Waals surface area contributed by atoms with Crippen LogP contribution in [0.25, 0.3) is 6.08 Å². The van der Waals surface area contributed by atoms with E-state index in [4.69, 9.17) is 17.0 Å². The fourth-order valence-corrected chi connectivity index (χ4v) is 3.58. The summed E-state index contributed by atoms with van der Waals surface area (Å²) in [6.07, 6.45) is 3.51. The van der Waals surface area contributed by atoms with Gasteiger partial charge in [0, 0.05) is 5.56 Å². The van der Waals surface area contributed by atoms with Crippen molar-refractivity contribution < 1.29 is 9.53 Å². The first-order chi connectivity index (χ1) is 11.7. The Kier molecular flexibility index (Phi) is 5.13. The van der Waals surface area contributed by atoms with Gasteiger partial charge in [-0.2, -0.15) is 0 Å². The molecule has 1 amide bonds. The summed E-state index contributed by atoms with van der Waals surface area (Å²) in [6, 6.07) is 17.0. The van der Waals surface area contributed by atoms with Gasteiger partial charge in [0.25, 0.3) is 5.91 Å². The number of anilines is 1. The fraction of sp³-hybridized carbons (Fsp3) is 0.0526. The van der Waals surface area contributed by atoms with Crippen molar-refractivity contribution in [3.05, 3.63) is 77.7 Å². The number of carbonyl (C=O) groups excluding carboxylic acids is 1. The molecule has 2 aromatic carbocycles. The van der Waals surface area contributed by atoms with Gasteiger partial charge >= 0.3 is 0 Å². The van der Waals surface area contributed by atoms with Gasteiger partial charge in [0.15, 0.2) is 4.32 Å². The van der Waals surface area contributed by atoms with Crippen molar-refractivity contribution >= 4 is 46.0 Å². The van der Waals surface area contributed by atoms with Gasteiger partial charge in [-0.05, 0) is 24.3 Å². The van der Waals surface area contributed by atoms with Crippen molar-refractivity contribution in [2.75, 3.05) is 11.5 Å². The number of ether oxygens (including phenoxy) is 1. The van der Waals surface area contributed by atoms with E-state index in [0.717, 1.165) is 11.3 Å². The van der Waals surface area contributed by atoms with E-state index >= 15 is 0 Å². The van der Waals surface area contributed by atoms with Crippen LogP contribution in [0.4, 0.5) is 5.69 Å². The van der Waals surface area contributed by atoms with Crippen LogP contribution in [0.3, 0.4) is 0 Å². The van der Waals surface area contributed by atoms with Crippen molar-refractivity contribution in [1.82, 2.24) is 0 Å². The molecule has 0 bridgehead atoms. The lowest BCUT2D eigenvalue weighted by molar-refractivity contribution is -0.113. The van der Waals surface area contributed by atoms with Crippen LogP contribution in [0.2, 0.25) is 0 Å². The molecule has 0 atom stereocenters. The highest BCUT2D eigenvalue weighted by Crippen LogP contribution is 2.36. The van der Waals surface area contributed by atoms with E-state index < -0.39 is 0 Å². The van der Waals surface area contributed by atoms with Crippen molar-refractivity contribution in [3.63, 3.8) is 0 Å². The van der Waals surface area contributed by atoms with Crippen LogP contribution in [0.1, 0.15) is 5.56 Å². The third kappa shape index (κ3) is 3.42. The summed E-state index contributed by atoms with van der Waals surface area (Å²) in [4.78, 5) is 14.9. The lowest BCUT2D eigenvalue weighted by Crippen LogP contribution is -2.27. The zero-order valence-corrected chi connectivity index (χ0v) is 14.5. The molecule has 0 aliphatic carbocycles. The second-order valence-corrected chi connectivity index (χ2v) is 6.67. The Labute approximate surface area is 150 Å². The minimum absolute atomic E-state index is 0.116. The summed E-state index contributed by atoms with van der Waals surface area (Å²) >= 11 is 6.68. The molecule has 1 fully saturated rings. The maximum absolute atomic E-state index is 12.7. The Bertz CT molecular complexity index is 815. The zero-order chi connectivity index (χ0) is 16.9. The first kappa shape index (κ1) is 16.5. The molecule has 1 saturated heterocycles. The van der Waals surface area contributed by atoms with Gasteiger partial charge in [-0.3, -0.25) is 9.69 Å². The molecule has 0 spiro atoms. The van der Waals surface area contributed by atoms with Crippen LogP contribution in [0.5, 0.6) is 5.75 Å². The highest BCUT2D eigenvalue weighted by Gasteiger charge is 2.33. The van der Waals surface area contributed by atoms with Gasteiger partial charge in [0.2, 0.25) is 0 Å². The summed E-state index contributed by atoms with van der Waals surface area (Å²) in [5, 5.41) is 0. The second kappa shape index (κ2) is 7.47. The zero-order valence-electron chi connectivity index (χ0n) is 12.8. The highest BCUT2D eigenvalue weighted by atomic mass is 32.2. The quantitative estimate of drug-likeness (QED) is 0.444. The van der Waals surface area contributed by atoms with Gasteiger partial charge in [-0.1, -0.05) is 73.0 Å². The van der Waals surface area contributed by atoms with E-state index in [1.165, 1.54) is 11.8 Å². The minimum atomic E-state index is -0.116. The predicted molar refractivity (Wildman–Crippen MR) is 104 cm³/mol. The Hall–Kier alpha value is -2.37. The Morgan fingerprint density at radius 3 is 2.58 bits per heavy atom.